The molecule has 1 aliphatic rings. The van der Waals surface area contributed by atoms with Crippen molar-refractivity contribution >= 4 is 11.6 Å². The van der Waals surface area contributed by atoms with Gasteiger partial charge in [-0.3, -0.25) is 4.79 Å². The maximum Gasteiger partial charge on any atom is 0.246 e. The molecule has 110 valence electrons. The summed E-state index contributed by atoms with van der Waals surface area (Å²) in [7, 11) is 4.17. The lowest BCUT2D eigenvalue weighted by atomic mass is 10.0. The van der Waals surface area contributed by atoms with Crippen LogP contribution in [0.5, 0.6) is 0 Å². The van der Waals surface area contributed by atoms with Gasteiger partial charge in [0.25, 0.3) is 0 Å². The average Bonchev–Trinajstić information content (AvgIpc) is 2.65. The second-order valence-electron chi connectivity index (χ2n) is 6.20. The van der Waals surface area contributed by atoms with Gasteiger partial charge in [-0.15, -0.1) is 0 Å². The Bertz CT molecular complexity index is 488. The summed E-state index contributed by atoms with van der Waals surface area (Å²) in [5, 5.41) is 6.37. The third-order valence-electron chi connectivity index (χ3n) is 4.00. The number of aryl methyl sites for hydroxylation is 1. The van der Waals surface area contributed by atoms with Crippen molar-refractivity contribution in [3.8, 4) is 0 Å². The zero-order valence-corrected chi connectivity index (χ0v) is 13.0. The average molecular weight is 275 g/mol. The first kappa shape index (κ1) is 15.0. The number of nitrogens with one attached hydrogen (secondary N) is 2. The predicted octanol–water partition coefficient (Wildman–Crippen LogP) is 2.16. The molecule has 2 atom stereocenters. The van der Waals surface area contributed by atoms with E-state index < -0.39 is 0 Å². The van der Waals surface area contributed by atoms with Gasteiger partial charge in [0, 0.05) is 23.8 Å². The lowest BCUT2D eigenvalue weighted by molar-refractivity contribution is -0.117. The van der Waals surface area contributed by atoms with E-state index in [1.807, 2.05) is 12.1 Å². The molecule has 1 aromatic rings. The fraction of sp³-hybridized carbons (Fsp3) is 0.562. The van der Waals surface area contributed by atoms with E-state index in [4.69, 9.17) is 0 Å². The van der Waals surface area contributed by atoms with Crippen LogP contribution in [0.4, 0.5) is 5.69 Å². The Kier molecular flexibility index (Phi) is 4.45. The van der Waals surface area contributed by atoms with Crippen molar-refractivity contribution in [2.24, 2.45) is 5.92 Å². The molecule has 0 fully saturated rings. The molecule has 4 nitrogen and oxygen atoms in total. The summed E-state index contributed by atoms with van der Waals surface area (Å²) in [4.78, 5) is 14.3. The van der Waals surface area contributed by atoms with Crippen LogP contribution >= 0.6 is 0 Å². The van der Waals surface area contributed by atoms with Crippen molar-refractivity contribution < 1.29 is 4.79 Å². The Morgan fingerprint density at radius 1 is 1.35 bits per heavy atom. The molecular formula is C16H25N3O. The number of likely N-dealkylation sites (N-methyl/N-ethyl adjacent to an activating group) is 1. The molecule has 2 unspecified atom stereocenters. The molecule has 1 aromatic carbocycles. The predicted molar refractivity (Wildman–Crippen MR) is 82.9 cm³/mol. The Labute approximate surface area is 121 Å². The van der Waals surface area contributed by atoms with Crippen LogP contribution in [0.25, 0.3) is 0 Å². The molecule has 1 aliphatic heterocycles. The zero-order chi connectivity index (χ0) is 14.9. The largest absolute Gasteiger partial charge is 0.324 e. The minimum absolute atomic E-state index is 0.0480. The lowest BCUT2D eigenvalue weighted by Crippen LogP contribution is -2.43. The fourth-order valence-corrected chi connectivity index (χ4v) is 2.84. The molecule has 0 radical (unpaired) electrons. The second-order valence-corrected chi connectivity index (χ2v) is 6.20. The normalized spacial score (nSPS) is 19.4. The summed E-state index contributed by atoms with van der Waals surface area (Å²) in [5.41, 5.74) is 3.18. The third-order valence-corrected chi connectivity index (χ3v) is 4.00. The van der Waals surface area contributed by atoms with Crippen LogP contribution in [0.15, 0.2) is 18.2 Å². The summed E-state index contributed by atoms with van der Waals surface area (Å²) in [6, 6.07) is 6.28. The molecule has 0 aliphatic carbocycles. The van der Waals surface area contributed by atoms with Crippen molar-refractivity contribution in [1.82, 2.24) is 10.2 Å². The van der Waals surface area contributed by atoms with Gasteiger partial charge >= 0.3 is 0 Å². The van der Waals surface area contributed by atoms with Gasteiger partial charge in [0.2, 0.25) is 5.91 Å². The number of rotatable bonds is 5. The van der Waals surface area contributed by atoms with E-state index in [0.29, 0.717) is 12.0 Å². The highest BCUT2D eigenvalue weighted by Gasteiger charge is 2.31. The van der Waals surface area contributed by atoms with Gasteiger partial charge in [-0.25, -0.2) is 0 Å². The van der Waals surface area contributed by atoms with Gasteiger partial charge in [-0.2, -0.15) is 0 Å². The third kappa shape index (κ3) is 3.02. The second kappa shape index (κ2) is 5.94. The molecule has 0 aromatic heterocycles. The first-order chi connectivity index (χ1) is 9.40. The van der Waals surface area contributed by atoms with E-state index in [1.165, 1.54) is 5.56 Å². The van der Waals surface area contributed by atoms with E-state index in [1.54, 1.807) is 0 Å². The Morgan fingerprint density at radius 2 is 2.05 bits per heavy atom. The van der Waals surface area contributed by atoms with Crippen molar-refractivity contribution in [2.45, 2.75) is 32.9 Å². The van der Waals surface area contributed by atoms with Gasteiger partial charge in [0.1, 0.15) is 6.04 Å². The lowest BCUT2D eigenvalue weighted by Gasteiger charge is -2.29. The molecule has 0 saturated heterocycles. The van der Waals surface area contributed by atoms with E-state index in [2.05, 4.69) is 56.5 Å². The molecular weight excluding hydrogens is 250 g/mol. The summed E-state index contributed by atoms with van der Waals surface area (Å²) in [5.74, 6) is 0.589. The molecule has 0 saturated carbocycles. The van der Waals surface area contributed by atoms with Crippen LogP contribution in [-0.4, -0.2) is 37.5 Å². The minimum Gasteiger partial charge on any atom is -0.324 e. The van der Waals surface area contributed by atoms with Crippen molar-refractivity contribution in [3.63, 3.8) is 0 Å². The highest BCUT2D eigenvalue weighted by molar-refractivity contribution is 6.02. The number of benzene rings is 1. The van der Waals surface area contributed by atoms with Crippen molar-refractivity contribution in [2.75, 3.05) is 26.0 Å². The van der Waals surface area contributed by atoms with Crippen LogP contribution in [0.3, 0.4) is 0 Å². The highest BCUT2D eigenvalue weighted by Crippen LogP contribution is 2.31. The maximum atomic E-state index is 12.1. The van der Waals surface area contributed by atoms with E-state index in [0.717, 1.165) is 17.8 Å². The number of anilines is 1. The Hall–Kier alpha value is -1.39. The summed E-state index contributed by atoms with van der Waals surface area (Å²) in [6.45, 7) is 7.27. The molecule has 2 N–H and O–H groups in total. The number of carbonyl (C=O) groups is 1. The molecule has 1 heterocycles. The van der Waals surface area contributed by atoms with E-state index >= 15 is 0 Å². The standard InChI is InChI=1S/C16H25N3O/c1-10(2)14(19(4)5)9-17-15-12-8-11(3)6-7-13(12)18-16(15)20/h6-8,10,14-15,17H,9H2,1-5H3,(H,18,20). The maximum absolute atomic E-state index is 12.1. The Balaban J connectivity index is 2.11. The monoisotopic (exact) mass is 275 g/mol. The van der Waals surface area contributed by atoms with Crippen LogP contribution < -0.4 is 10.6 Å². The number of hydrogen-bond acceptors (Lipinski definition) is 3. The van der Waals surface area contributed by atoms with Crippen molar-refractivity contribution in [3.05, 3.63) is 29.3 Å². The van der Waals surface area contributed by atoms with Gasteiger partial charge < -0.3 is 15.5 Å². The number of amides is 1. The topological polar surface area (TPSA) is 44.4 Å². The van der Waals surface area contributed by atoms with Crippen LogP contribution in [0, 0.1) is 12.8 Å². The summed E-state index contributed by atoms with van der Waals surface area (Å²) >= 11 is 0. The molecule has 20 heavy (non-hydrogen) atoms. The molecule has 4 heteroatoms. The first-order valence-electron chi connectivity index (χ1n) is 7.21. The molecule has 0 bridgehead atoms. The molecule has 0 spiro atoms. The summed E-state index contributed by atoms with van der Waals surface area (Å²) in [6.07, 6.45) is 0. The number of fused-ring (bicyclic) bond motifs is 1. The summed E-state index contributed by atoms with van der Waals surface area (Å²) < 4.78 is 0. The first-order valence-corrected chi connectivity index (χ1v) is 7.21. The Morgan fingerprint density at radius 3 is 2.65 bits per heavy atom. The molecule has 2 rings (SSSR count). The quantitative estimate of drug-likeness (QED) is 0.865. The van der Waals surface area contributed by atoms with Crippen molar-refractivity contribution in [1.29, 1.82) is 0 Å². The van der Waals surface area contributed by atoms with Gasteiger partial charge in [0.15, 0.2) is 0 Å². The van der Waals surface area contributed by atoms with Gasteiger partial charge in [0.05, 0.1) is 0 Å². The van der Waals surface area contributed by atoms with Crippen LogP contribution in [-0.2, 0) is 4.79 Å². The SMILES string of the molecule is Cc1ccc2c(c1)C(NCC(C(C)C)N(C)C)C(=O)N2. The van der Waals surface area contributed by atoms with Crippen LogP contribution in [0.1, 0.15) is 31.0 Å². The minimum atomic E-state index is -0.230. The fourth-order valence-electron chi connectivity index (χ4n) is 2.84. The highest BCUT2D eigenvalue weighted by atomic mass is 16.2. The van der Waals surface area contributed by atoms with Gasteiger partial charge in [-0.05, 0) is 33.0 Å². The number of hydrogen-bond donors (Lipinski definition) is 2. The van der Waals surface area contributed by atoms with Crippen LogP contribution in [0.2, 0.25) is 0 Å². The smallest absolute Gasteiger partial charge is 0.246 e. The number of carbonyl (C=O) groups excluding carboxylic acids is 1. The zero-order valence-electron chi connectivity index (χ0n) is 13.0. The van der Waals surface area contributed by atoms with E-state index in [9.17, 15) is 4.79 Å². The number of nitrogens with zero attached hydrogens (tertiary/aromatic N) is 1. The van der Waals surface area contributed by atoms with Gasteiger partial charge in [-0.1, -0.05) is 31.5 Å². The van der Waals surface area contributed by atoms with E-state index in [-0.39, 0.29) is 11.9 Å². The molecule has 1 amide bonds.